The van der Waals surface area contributed by atoms with Crippen molar-refractivity contribution in [3.05, 3.63) is 11.1 Å². The summed E-state index contributed by atoms with van der Waals surface area (Å²) in [6.45, 7) is 3.47. The van der Waals surface area contributed by atoms with Crippen LogP contribution in [0, 0.1) is 0 Å². The second-order valence-electron chi connectivity index (χ2n) is 4.19. The van der Waals surface area contributed by atoms with E-state index in [0.29, 0.717) is 16.3 Å². The Morgan fingerprint density at radius 2 is 2.24 bits per heavy atom. The van der Waals surface area contributed by atoms with Crippen LogP contribution < -0.4 is 10.2 Å². The molecule has 6 nitrogen and oxygen atoms in total. The summed E-state index contributed by atoms with van der Waals surface area (Å²) in [6, 6.07) is 0. The van der Waals surface area contributed by atoms with Crippen molar-refractivity contribution in [3.63, 3.8) is 0 Å². The molecule has 2 amide bonds. The minimum Gasteiger partial charge on any atom is -0.325 e. The number of thiazole rings is 1. The van der Waals surface area contributed by atoms with Gasteiger partial charge in [0, 0.05) is 0 Å². The molecule has 0 spiro atoms. The van der Waals surface area contributed by atoms with E-state index < -0.39 is 5.54 Å². The number of carbonyl (C=O) groups excluding carboxylic acids is 3. The van der Waals surface area contributed by atoms with Gasteiger partial charge in [0.15, 0.2) is 11.4 Å². The van der Waals surface area contributed by atoms with Gasteiger partial charge in [-0.2, -0.15) is 0 Å². The van der Waals surface area contributed by atoms with Crippen molar-refractivity contribution in [3.8, 4) is 0 Å². The van der Waals surface area contributed by atoms with E-state index in [1.165, 1.54) is 6.20 Å². The first-order valence-electron chi connectivity index (χ1n) is 4.98. The first-order valence-corrected chi connectivity index (χ1v) is 5.79. The van der Waals surface area contributed by atoms with Gasteiger partial charge in [0.2, 0.25) is 5.91 Å². The highest BCUT2D eigenvalue weighted by Gasteiger charge is 2.42. The maximum atomic E-state index is 11.7. The van der Waals surface area contributed by atoms with Crippen LogP contribution in [0.1, 0.15) is 23.5 Å². The van der Waals surface area contributed by atoms with Crippen molar-refractivity contribution in [2.24, 2.45) is 0 Å². The monoisotopic (exact) mass is 253 g/mol. The predicted octanol–water partition coefficient (Wildman–Crippen LogP) is 0.197. The topological polar surface area (TPSA) is 79.4 Å². The Morgan fingerprint density at radius 1 is 1.53 bits per heavy atom. The zero-order valence-corrected chi connectivity index (χ0v) is 10.2. The van der Waals surface area contributed by atoms with Crippen LogP contribution in [0.2, 0.25) is 0 Å². The van der Waals surface area contributed by atoms with Crippen molar-refractivity contribution < 1.29 is 14.4 Å². The number of piperazine rings is 1. The molecule has 0 bridgehead atoms. The summed E-state index contributed by atoms with van der Waals surface area (Å²) in [4.78, 5) is 39.8. The van der Waals surface area contributed by atoms with Crippen LogP contribution in [0.4, 0.5) is 5.13 Å². The molecule has 7 heteroatoms. The summed E-state index contributed by atoms with van der Waals surface area (Å²) in [5, 5.41) is 2.78. The Hall–Kier alpha value is -1.76. The van der Waals surface area contributed by atoms with E-state index in [9.17, 15) is 14.4 Å². The number of carbonyl (C=O) groups is 3. The molecule has 0 aromatic carbocycles. The number of imide groups is 1. The number of hydrogen-bond acceptors (Lipinski definition) is 6. The number of anilines is 1. The number of aromatic nitrogens is 1. The van der Waals surface area contributed by atoms with Gasteiger partial charge in [-0.3, -0.25) is 19.7 Å². The minimum absolute atomic E-state index is 0.0601. The summed E-state index contributed by atoms with van der Waals surface area (Å²) >= 11 is 1.16. The molecule has 90 valence electrons. The largest absolute Gasteiger partial charge is 0.325 e. The zero-order chi connectivity index (χ0) is 12.6. The average Bonchev–Trinajstić information content (AvgIpc) is 2.72. The highest BCUT2D eigenvalue weighted by atomic mass is 32.1. The van der Waals surface area contributed by atoms with Crippen molar-refractivity contribution in [2.45, 2.75) is 19.4 Å². The molecule has 0 saturated carbocycles. The second kappa shape index (κ2) is 3.92. The molecular weight excluding hydrogens is 242 g/mol. The third-order valence-corrected chi connectivity index (χ3v) is 3.59. The lowest BCUT2D eigenvalue weighted by atomic mass is 10.00. The normalized spacial score (nSPS) is 19.1. The molecule has 1 fully saturated rings. The van der Waals surface area contributed by atoms with Crippen LogP contribution in [0.5, 0.6) is 0 Å². The fraction of sp³-hybridized carbons (Fsp3) is 0.400. The lowest BCUT2D eigenvalue weighted by Gasteiger charge is -2.39. The van der Waals surface area contributed by atoms with Crippen molar-refractivity contribution >= 4 is 34.6 Å². The number of amides is 2. The highest BCUT2D eigenvalue weighted by Crippen LogP contribution is 2.29. The molecule has 2 rings (SSSR count). The molecule has 1 aromatic heterocycles. The first kappa shape index (κ1) is 11.7. The Balaban J connectivity index is 2.37. The lowest BCUT2D eigenvalue weighted by molar-refractivity contribution is -0.135. The van der Waals surface area contributed by atoms with Gasteiger partial charge in [0.25, 0.3) is 5.91 Å². The third kappa shape index (κ3) is 1.93. The van der Waals surface area contributed by atoms with E-state index in [0.717, 1.165) is 11.3 Å². The van der Waals surface area contributed by atoms with Crippen LogP contribution in [-0.4, -0.2) is 35.2 Å². The van der Waals surface area contributed by atoms with E-state index in [1.54, 1.807) is 18.7 Å². The van der Waals surface area contributed by atoms with E-state index in [2.05, 4.69) is 10.3 Å². The maximum absolute atomic E-state index is 11.7. The summed E-state index contributed by atoms with van der Waals surface area (Å²) in [7, 11) is 0. The first-order chi connectivity index (χ1) is 7.95. The molecule has 2 heterocycles. The standard InChI is InChI=1S/C10H11N3O3S/c1-10(2)8(16)12-7(15)4-13(10)9-11-3-6(5-14)17-9/h3,5H,4H2,1-2H3,(H,12,15,16). The Labute approximate surface area is 102 Å². The van der Waals surface area contributed by atoms with Gasteiger partial charge in [-0.25, -0.2) is 4.98 Å². The molecule has 1 aromatic rings. The van der Waals surface area contributed by atoms with Crippen molar-refractivity contribution in [1.29, 1.82) is 0 Å². The Bertz CT molecular complexity index is 495. The van der Waals surface area contributed by atoms with Crippen molar-refractivity contribution in [2.75, 3.05) is 11.4 Å². The number of rotatable bonds is 2. The Morgan fingerprint density at radius 3 is 2.82 bits per heavy atom. The fourth-order valence-corrected chi connectivity index (χ4v) is 2.42. The molecule has 0 radical (unpaired) electrons. The number of nitrogens with one attached hydrogen (secondary N) is 1. The quantitative estimate of drug-likeness (QED) is 0.601. The zero-order valence-electron chi connectivity index (χ0n) is 9.39. The lowest BCUT2D eigenvalue weighted by Crippen LogP contribution is -2.64. The second-order valence-corrected chi connectivity index (χ2v) is 5.23. The van der Waals surface area contributed by atoms with E-state index >= 15 is 0 Å². The van der Waals surface area contributed by atoms with Crippen LogP contribution in [0.15, 0.2) is 6.20 Å². The molecule has 17 heavy (non-hydrogen) atoms. The van der Waals surface area contributed by atoms with Gasteiger partial charge in [0.1, 0.15) is 12.1 Å². The van der Waals surface area contributed by atoms with Gasteiger partial charge in [-0.1, -0.05) is 11.3 Å². The summed E-state index contributed by atoms with van der Waals surface area (Å²) in [6.07, 6.45) is 2.13. The highest BCUT2D eigenvalue weighted by molar-refractivity contribution is 7.17. The molecule has 0 unspecified atom stereocenters. The average molecular weight is 253 g/mol. The Kier molecular flexibility index (Phi) is 2.70. The molecule has 1 aliphatic heterocycles. The van der Waals surface area contributed by atoms with Gasteiger partial charge in [0.05, 0.1) is 11.1 Å². The molecule has 1 saturated heterocycles. The number of aldehydes is 1. The molecule has 0 aliphatic carbocycles. The van der Waals surface area contributed by atoms with Gasteiger partial charge < -0.3 is 4.90 Å². The van der Waals surface area contributed by atoms with E-state index in [-0.39, 0.29) is 18.4 Å². The maximum Gasteiger partial charge on any atom is 0.251 e. The fourth-order valence-electron chi connectivity index (χ4n) is 1.55. The molecule has 0 atom stereocenters. The summed E-state index contributed by atoms with van der Waals surface area (Å²) in [5.74, 6) is -0.728. The third-order valence-electron chi connectivity index (χ3n) is 2.64. The van der Waals surface area contributed by atoms with Gasteiger partial charge in [-0.15, -0.1) is 0 Å². The van der Waals surface area contributed by atoms with Crippen LogP contribution >= 0.6 is 11.3 Å². The molecular formula is C10H11N3O3S. The van der Waals surface area contributed by atoms with E-state index in [1.807, 2.05) is 0 Å². The van der Waals surface area contributed by atoms with Crippen LogP contribution in [0.3, 0.4) is 0 Å². The summed E-state index contributed by atoms with van der Waals surface area (Å²) < 4.78 is 0. The molecule has 1 N–H and O–H groups in total. The van der Waals surface area contributed by atoms with Gasteiger partial charge in [-0.05, 0) is 13.8 Å². The smallest absolute Gasteiger partial charge is 0.251 e. The van der Waals surface area contributed by atoms with Crippen LogP contribution in [0.25, 0.3) is 0 Å². The van der Waals surface area contributed by atoms with Crippen molar-refractivity contribution in [1.82, 2.24) is 10.3 Å². The SMILES string of the molecule is CC1(C)C(=O)NC(=O)CN1c1ncc(C=O)s1. The number of hydrogen-bond donors (Lipinski definition) is 1. The van der Waals surface area contributed by atoms with Crippen LogP contribution in [-0.2, 0) is 9.59 Å². The summed E-state index contributed by atoms with van der Waals surface area (Å²) in [5.41, 5.74) is -0.855. The van der Waals surface area contributed by atoms with E-state index in [4.69, 9.17) is 0 Å². The molecule has 1 aliphatic rings. The van der Waals surface area contributed by atoms with Gasteiger partial charge >= 0.3 is 0 Å². The predicted molar refractivity (Wildman–Crippen MR) is 62.1 cm³/mol. The number of nitrogens with zero attached hydrogens (tertiary/aromatic N) is 2. The minimum atomic E-state index is -0.855.